The van der Waals surface area contributed by atoms with Crippen molar-refractivity contribution in [2.45, 2.75) is 33.2 Å². The number of benzene rings is 1. The molecule has 17 heavy (non-hydrogen) atoms. The van der Waals surface area contributed by atoms with Gasteiger partial charge in [-0.3, -0.25) is 4.57 Å². The smallest absolute Gasteiger partial charge is 0.408 e. The number of hydrogen-bond donors (Lipinski definition) is 1. The van der Waals surface area contributed by atoms with Gasteiger partial charge in [0, 0.05) is 18.3 Å². The second-order valence-electron chi connectivity index (χ2n) is 4.39. The predicted molar refractivity (Wildman–Crippen MR) is 69.0 cm³/mol. The van der Waals surface area contributed by atoms with E-state index in [0.717, 1.165) is 18.4 Å². The third-order valence-electron chi connectivity index (χ3n) is 3.29. The molecule has 0 bridgehead atoms. The van der Waals surface area contributed by atoms with Gasteiger partial charge in [-0.1, -0.05) is 26.7 Å². The molecule has 0 aliphatic rings. The molecule has 0 saturated carbocycles. The lowest BCUT2D eigenvalue weighted by Crippen LogP contribution is -2.19. The van der Waals surface area contributed by atoms with Crippen LogP contribution in [0.15, 0.2) is 27.4 Å². The number of nitrogens with zero attached hydrogens (tertiary/aromatic N) is 1. The van der Waals surface area contributed by atoms with Crippen LogP contribution in [0.3, 0.4) is 0 Å². The van der Waals surface area contributed by atoms with E-state index in [2.05, 4.69) is 13.8 Å². The topological polar surface area (TPSA) is 61.2 Å². The molecule has 4 heteroatoms. The van der Waals surface area contributed by atoms with Gasteiger partial charge < -0.3 is 10.2 Å². The van der Waals surface area contributed by atoms with Gasteiger partial charge in [-0.2, -0.15) is 0 Å². The van der Waals surface area contributed by atoms with Crippen LogP contribution < -0.4 is 11.5 Å². The molecule has 0 spiro atoms. The molecule has 1 aromatic carbocycles. The Morgan fingerprint density at radius 2 is 2.06 bits per heavy atom. The summed E-state index contributed by atoms with van der Waals surface area (Å²) in [7, 11) is 0. The van der Waals surface area contributed by atoms with Crippen molar-refractivity contribution in [1.82, 2.24) is 4.57 Å². The van der Waals surface area contributed by atoms with Crippen LogP contribution in [0.25, 0.3) is 11.1 Å². The highest BCUT2D eigenvalue weighted by Crippen LogP contribution is 2.19. The maximum absolute atomic E-state index is 11.8. The van der Waals surface area contributed by atoms with E-state index in [4.69, 9.17) is 10.2 Å². The molecule has 2 N–H and O–H groups in total. The summed E-state index contributed by atoms with van der Waals surface area (Å²) in [5.74, 6) is 0.212. The largest absolute Gasteiger partial charge is 0.419 e. The van der Waals surface area contributed by atoms with Crippen LogP contribution in [0.4, 0.5) is 5.69 Å². The summed E-state index contributed by atoms with van der Waals surface area (Å²) in [4.78, 5) is 11.8. The van der Waals surface area contributed by atoms with Crippen LogP contribution in [-0.2, 0) is 6.54 Å². The lowest BCUT2D eigenvalue weighted by atomic mass is 10.0. The highest BCUT2D eigenvalue weighted by atomic mass is 16.4. The Bertz CT molecular complexity index is 564. The number of rotatable bonds is 4. The summed E-state index contributed by atoms with van der Waals surface area (Å²) in [6, 6.07) is 5.33. The predicted octanol–water partition coefficient (Wildman–Crippen LogP) is 2.61. The first kappa shape index (κ1) is 11.8. The fourth-order valence-electron chi connectivity index (χ4n) is 2.06. The summed E-state index contributed by atoms with van der Waals surface area (Å²) < 4.78 is 6.90. The van der Waals surface area contributed by atoms with Gasteiger partial charge in [0.1, 0.15) is 0 Å². The third-order valence-corrected chi connectivity index (χ3v) is 3.29. The minimum Gasteiger partial charge on any atom is -0.408 e. The van der Waals surface area contributed by atoms with E-state index in [0.29, 0.717) is 23.7 Å². The molecule has 2 rings (SSSR count). The van der Waals surface area contributed by atoms with Crippen LogP contribution >= 0.6 is 0 Å². The average molecular weight is 234 g/mol. The second-order valence-corrected chi connectivity index (χ2v) is 4.39. The van der Waals surface area contributed by atoms with Gasteiger partial charge in [0.05, 0.1) is 5.52 Å². The van der Waals surface area contributed by atoms with Crippen molar-refractivity contribution in [3.05, 3.63) is 28.7 Å². The first-order chi connectivity index (χ1) is 8.15. The molecule has 0 fully saturated rings. The fourth-order valence-corrected chi connectivity index (χ4v) is 2.06. The molecule has 0 unspecified atom stereocenters. The van der Waals surface area contributed by atoms with Gasteiger partial charge in [-0.05, 0) is 18.1 Å². The quantitative estimate of drug-likeness (QED) is 0.827. The van der Waals surface area contributed by atoms with Crippen LogP contribution in [-0.4, -0.2) is 4.57 Å². The van der Waals surface area contributed by atoms with E-state index in [1.54, 1.807) is 16.7 Å². The Kier molecular flexibility index (Phi) is 3.22. The van der Waals surface area contributed by atoms with Crippen molar-refractivity contribution in [2.75, 3.05) is 5.73 Å². The number of nitrogens with two attached hydrogens (primary N) is 1. The normalized spacial score (nSPS) is 11.5. The molecule has 0 saturated heterocycles. The maximum Gasteiger partial charge on any atom is 0.419 e. The highest BCUT2D eigenvalue weighted by Gasteiger charge is 2.12. The highest BCUT2D eigenvalue weighted by molar-refractivity contribution is 5.76. The molecular weight excluding hydrogens is 216 g/mol. The average Bonchev–Trinajstić information content (AvgIpc) is 2.61. The van der Waals surface area contributed by atoms with E-state index < -0.39 is 0 Å². The zero-order valence-electron chi connectivity index (χ0n) is 10.3. The molecule has 0 atom stereocenters. The van der Waals surface area contributed by atoms with E-state index in [1.165, 1.54) is 0 Å². The van der Waals surface area contributed by atoms with Crippen molar-refractivity contribution in [1.29, 1.82) is 0 Å². The Labute approximate surface area is 100 Å². The van der Waals surface area contributed by atoms with Gasteiger partial charge in [-0.25, -0.2) is 4.79 Å². The van der Waals surface area contributed by atoms with E-state index >= 15 is 0 Å². The number of aromatic nitrogens is 1. The third kappa shape index (κ3) is 2.20. The molecule has 4 nitrogen and oxygen atoms in total. The number of hydrogen-bond acceptors (Lipinski definition) is 3. The first-order valence-corrected chi connectivity index (χ1v) is 6.04. The van der Waals surface area contributed by atoms with E-state index in [9.17, 15) is 4.79 Å². The van der Waals surface area contributed by atoms with Crippen molar-refractivity contribution < 1.29 is 4.42 Å². The maximum atomic E-state index is 11.8. The summed E-state index contributed by atoms with van der Waals surface area (Å²) in [5.41, 5.74) is 7.68. The van der Waals surface area contributed by atoms with Crippen LogP contribution in [0.5, 0.6) is 0 Å². The lowest BCUT2D eigenvalue weighted by Gasteiger charge is -2.12. The number of oxazole rings is 1. The molecule has 1 heterocycles. The van der Waals surface area contributed by atoms with Gasteiger partial charge >= 0.3 is 5.76 Å². The molecule has 0 radical (unpaired) electrons. The number of fused-ring (bicyclic) bond motifs is 1. The SMILES string of the molecule is CCC(CC)Cn1c(=O)oc2cc(N)ccc21. The number of nitrogen functional groups attached to an aromatic ring is 1. The zero-order valence-corrected chi connectivity index (χ0v) is 10.3. The fraction of sp³-hybridized carbons (Fsp3) is 0.462. The summed E-state index contributed by atoms with van der Waals surface area (Å²) in [5, 5.41) is 0. The molecule has 0 aliphatic heterocycles. The molecule has 2 aromatic rings. The monoisotopic (exact) mass is 234 g/mol. The summed E-state index contributed by atoms with van der Waals surface area (Å²) >= 11 is 0. The molecule has 1 aromatic heterocycles. The Morgan fingerprint density at radius 3 is 2.71 bits per heavy atom. The van der Waals surface area contributed by atoms with Crippen molar-refractivity contribution in [3.8, 4) is 0 Å². The Morgan fingerprint density at radius 1 is 1.35 bits per heavy atom. The van der Waals surface area contributed by atoms with Crippen molar-refractivity contribution in [3.63, 3.8) is 0 Å². The van der Waals surface area contributed by atoms with Crippen LogP contribution in [0.1, 0.15) is 26.7 Å². The number of anilines is 1. The lowest BCUT2D eigenvalue weighted by molar-refractivity contribution is 0.396. The van der Waals surface area contributed by atoms with Crippen LogP contribution in [0, 0.1) is 5.92 Å². The Balaban J connectivity index is 2.46. The Hall–Kier alpha value is -1.71. The van der Waals surface area contributed by atoms with Crippen molar-refractivity contribution in [2.24, 2.45) is 5.92 Å². The standard InChI is InChI=1S/C13H18N2O2/c1-3-9(4-2)8-15-11-6-5-10(14)7-12(11)17-13(15)16/h5-7,9H,3-4,8,14H2,1-2H3. The van der Waals surface area contributed by atoms with E-state index in [1.807, 2.05) is 6.07 Å². The minimum atomic E-state index is -0.294. The summed E-state index contributed by atoms with van der Waals surface area (Å²) in [6.45, 7) is 4.99. The van der Waals surface area contributed by atoms with Gasteiger partial charge in [0.2, 0.25) is 0 Å². The molecule has 92 valence electrons. The van der Waals surface area contributed by atoms with Gasteiger partial charge in [0.25, 0.3) is 0 Å². The molecular formula is C13H18N2O2. The zero-order chi connectivity index (χ0) is 12.4. The van der Waals surface area contributed by atoms with Gasteiger partial charge in [0.15, 0.2) is 5.58 Å². The molecule has 0 amide bonds. The first-order valence-electron chi connectivity index (χ1n) is 6.04. The van der Waals surface area contributed by atoms with E-state index in [-0.39, 0.29) is 5.76 Å². The molecule has 0 aliphatic carbocycles. The summed E-state index contributed by atoms with van der Waals surface area (Å²) in [6.07, 6.45) is 2.12. The van der Waals surface area contributed by atoms with Gasteiger partial charge in [-0.15, -0.1) is 0 Å². The minimum absolute atomic E-state index is 0.294. The van der Waals surface area contributed by atoms with Crippen LogP contribution in [0.2, 0.25) is 0 Å². The second kappa shape index (κ2) is 4.65. The van der Waals surface area contributed by atoms with Crippen molar-refractivity contribution >= 4 is 16.8 Å².